The molecule has 226 valence electrons. The summed E-state index contributed by atoms with van der Waals surface area (Å²) in [5.74, 6) is 3.79. The van der Waals surface area contributed by atoms with Crippen molar-refractivity contribution in [2.45, 2.75) is 114 Å². The molecule has 0 spiro atoms. The minimum absolute atomic E-state index is 0.115. The molecule has 4 aromatic rings. The average Bonchev–Trinajstić information content (AvgIpc) is 3.66. The minimum Gasteiger partial charge on any atom is -0.470 e. The number of para-hydroxylation sites is 1. The van der Waals surface area contributed by atoms with Gasteiger partial charge in [-0.3, -0.25) is 0 Å². The van der Waals surface area contributed by atoms with E-state index in [4.69, 9.17) is 4.42 Å². The van der Waals surface area contributed by atoms with E-state index in [1.165, 1.54) is 128 Å². The smallest absolute Gasteiger partial charge is 0.292 e. The van der Waals surface area contributed by atoms with Gasteiger partial charge in [0.2, 0.25) is 0 Å². The van der Waals surface area contributed by atoms with Crippen LogP contribution < -0.4 is 21.5 Å². The second-order valence-electron chi connectivity index (χ2n) is 17.8. The molecule has 10 aliphatic rings. The first kappa shape index (κ1) is 25.2. The molecule has 0 amide bonds. The Balaban J connectivity index is 1.13. The second-order valence-corrected chi connectivity index (χ2v) is 17.8. The molecule has 2 unspecified atom stereocenters. The lowest BCUT2D eigenvalue weighted by Crippen LogP contribution is -2.66. The Morgan fingerprint density at radius 2 is 1.49 bits per heavy atom. The number of benzene rings is 3. The van der Waals surface area contributed by atoms with Crippen LogP contribution in [0.4, 0.5) is 11.4 Å². The number of aryl methyl sites for hydroxylation is 2. The van der Waals surface area contributed by atoms with Gasteiger partial charge in [0.05, 0.1) is 5.66 Å². The van der Waals surface area contributed by atoms with Crippen LogP contribution >= 0.6 is 0 Å². The number of furan rings is 1. The molecule has 14 rings (SSSR count). The van der Waals surface area contributed by atoms with E-state index in [1.54, 1.807) is 22.1 Å². The molecular formula is C42H44BNO. The number of rotatable bonds is 2. The van der Waals surface area contributed by atoms with Gasteiger partial charge in [-0.2, -0.15) is 0 Å². The van der Waals surface area contributed by atoms with Crippen molar-refractivity contribution in [2.75, 3.05) is 4.90 Å². The average molecular weight is 590 g/mol. The molecule has 2 aliphatic heterocycles. The van der Waals surface area contributed by atoms with Gasteiger partial charge >= 0.3 is 0 Å². The first-order chi connectivity index (χ1) is 21.9. The predicted octanol–water partition coefficient (Wildman–Crippen LogP) is 7.94. The van der Waals surface area contributed by atoms with Crippen molar-refractivity contribution in [1.82, 2.24) is 0 Å². The van der Waals surface area contributed by atoms with E-state index in [-0.39, 0.29) is 17.7 Å². The molecule has 2 nitrogen and oxygen atoms in total. The lowest BCUT2D eigenvalue weighted by atomic mass is 9.31. The fourth-order valence-corrected chi connectivity index (χ4v) is 13.6. The van der Waals surface area contributed by atoms with Gasteiger partial charge in [-0.15, -0.1) is 0 Å². The van der Waals surface area contributed by atoms with Crippen LogP contribution in [0.5, 0.6) is 0 Å². The third-order valence-electron chi connectivity index (χ3n) is 15.5. The molecule has 0 N–H and O–H groups in total. The molecule has 2 atom stereocenters. The normalized spacial score (nSPS) is 35.3. The van der Waals surface area contributed by atoms with E-state index in [0.29, 0.717) is 5.41 Å². The van der Waals surface area contributed by atoms with Crippen LogP contribution in [0.3, 0.4) is 0 Å². The summed E-state index contributed by atoms with van der Waals surface area (Å²) in [5, 5.41) is 1.39. The SMILES string of the molecule is CC1(C)c2cccc3c2B(c2cc4c(cc2N3C23CC5CC(C2)C(C5)C3)CC4)c2oc3c(C45CCC(CC4)CC5)cccc3c21. The molecule has 3 heteroatoms. The highest BCUT2D eigenvalue weighted by Crippen LogP contribution is 2.64. The van der Waals surface area contributed by atoms with Gasteiger partial charge < -0.3 is 9.32 Å². The van der Waals surface area contributed by atoms with Crippen molar-refractivity contribution >= 4 is 45.6 Å². The Morgan fingerprint density at radius 3 is 2.22 bits per heavy atom. The Labute approximate surface area is 268 Å². The number of hydrogen-bond donors (Lipinski definition) is 0. The largest absolute Gasteiger partial charge is 0.470 e. The third-order valence-corrected chi connectivity index (χ3v) is 15.5. The van der Waals surface area contributed by atoms with Crippen LogP contribution in [0.1, 0.15) is 112 Å². The van der Waals surface area contributed by atoms with Crippen molar-refractivity contribution in [1.29, 1.82) is 0 Å². The lowest BCUT2D eigenvalue weighted by Gasteiger charge is -2.53. The van der Waals surface area contributed by atoms with E-state index >= 15 is 0 Å². The molecule has 6 bridgehead atoms. The maximum atomic E-state index is 7.49. The van der Waals surface area contributed by atoms with Crippen LogP contribution in [0, 0.1) is 23.7 Å². The van der Waals surface area contributed by atoms with Crippen LogP contribution in [0.2, 0.25) is 0 Å². The van der Waals surface area contributed by atoms with Crippen LogP contribution in [0.15, 0.2) is 52.9 Å². The summed E-state index contributed by atoms with van der Waals surface area (Å²) in [6.07, 6.45) is 17.9. The summed E-state index contributed by atoms with van der Waals surface area (Å²) >= 11 is 0. The van der Waals surface area contributed by atoms with Gasteiger partial charge in [0, 0.05) is 38.8 Å². The molecule has 8 aliphatic carbocycles. The van der Waals surface area contributed by atoms with E-state index in [9.17, 15) is 0 Å². The molecule has 1 aromatic heterocycles. The van der Waals surface area contributed by atoms with Crippen molar-refractivity contribution in [3.05, 3.63) is 76.3 Å². The third kappa shape index (κ3) is 2.90. The first-order valence-electron chi connectivity index (χ1n) is 18.6. The zero-order valence-corrected chi connectivity index (χ0v) is 27.1. The van der Waals surface area contributed by atoms with Crippen LogP contribution in [-0.4, -0.2) is 12.3 Å². The van der Waals surface area contributed by atoms with E-state index in [2.05, 4.69) is 67.3 Å². The van der Waals surface area contributed by atoms with E-state index in [0.717, 1.165) is 23.7 Å². The standard InChI is InChI=1S/C42H44BNO/c1-40(2)31-6-4-8-34-37(31)43(39-36(40)30-5-3-7-32(38(30)45-39)41-14-11-24(12-15-41)13-16-41)33-19-26-9-10-27(26)20-35(33)44(34)42-21-25-17-28(22-42)29(18-25)23-42/h3-8,19-20,24-25,28-29H,9-18,21-23H2,1-2H3. The molecule has 3 heterocycles. The molecule has 45 heavy (non-hydrogen) atoms. The monoisotopic (exact) mass is 589 g/mol. The zero-order chi connectivity index (χ0) is 29.4. The lowest BCUT2D eigenvalue weighted by molar-refractivity contribution is 0.136. The number of nitrogens with zero attached hydrogens (tertiary/aromatic N) is 1. The highest BCUT2D eigenvalue weighted by Gasteiger charge is 2.61. The zero-order valence-electron chi connectivity index (χ0n) is 27.1. The maximum absolute atomic E-state index is 7.49. The quantitative estimate of drug-likeness (QED) is 0.221. The van der Waals surface area contributed by atoms with Gasteiger partial charge in [-0.05, 0) is 152 Å². The van der Waals surface area contributed by atoms with Gasteiger partial charge in [0.15, 0.2) is 0 Å². The van der Waals surface area contributed by atoms with Crippen molar-refractivity contribution < 1.29 is 4.42 Å². The van der Waals surface area contributed by atoms with E-state index < -0.39 is 0 Å². The summed E-state index contributed by atoms with van der Waals surface area (Å²) in [6, 6.07) is 19.9. The number of hydrogen-bond acceptors (Lipinski definition) is 2. The maximum Gasteiger partial charge on any atom is 0.292 e. The van der Waals surface area contributed by atoms with Gasteiger partial charge in [-0.1, -0.05) is 50.2 Å². The molecule has 3 aromatic carbocycles. The summed E-state index contributed by atoms with van der Waals surface area (Å²) in [5.41, 5.74) is 16.8. The Morgan fingerprint density at radius 1 is 0.778 bits per heavy atom. The predicted molar refractivity (Wildman–Crippen MR) is 185 cm³/mol. The highest BCUT2D eigenvalue weighted by molar-refractivity contribution is 6.98. The van der Waals surface area contributed by atoms with Crippen molar-refractivity contribution in [3.63, 3.8) is 0 Å². The molecule has 0 radical (unpaired) electrons. The second kappa shape index (κ2) is 7.95. The molecule has 7 saturated carbocycles. The van der Waals surface area contributed by atoms with Gasteiger partial charge in [0.1, 0.15) is 5.58 Å². The highest BCUT2D eigenvalue weighted by atomic mass is 16.3. The summed E-state index contributed by atoms with van der Waals surface area (Å²) < 4.78 is 7.49. The first-order valence-corrected chi connectivity index (χ1v) is 18.6. The Hall–Kier alpha value is -2.94. The topological polar surface area (TPSA) is 16.4 Å². The van der Waals surface area contributed by atoms with Crippen molar-refractivity contribution in [3.8, 4) is 0 Å². The Bertz CT molecular complexity index is 1960. The number of fused-ring (bicyclic) bond motifs is 10. The minimum atomic E-state index is -0.115. The van der Waals surface area contributed by atoms with E-state index in [1.807, 2.05) is 0 Å². The van der Waals surface area contributed by atoms with Gasteiger partial charge in [0.25, 0.3) is 6.71 Å². The fourth-order valence-electron chi connectivity index (χ4n) is 13.6. The van der Waals surface area contributed by atoms with Gasteiger partial charge in [-0.25, -0.2) is 0 Å². The Kier molecular flexibility index (Phi) is 4.45. The fraction of sp³-hybridized carbons (Fsp3) is 0.524. The van der Waals surface area contributed by atoms with Crippen molar-refractivity contribution in [2.24, 2.45) is 23.7 Å². The van der Waals surface area contributed by atoms with Crippen LogP contribution in [0.25, 0.3) is 11.0 Å². The molecule has 7 fully saturated rings. The molecular weight excluding hydrogens is 545 g/mol. The van der Waals surface area contributed by atoms with Crippen LogP contribution in [-0.2, 0) is 23.7 Å². The molecule has 0 saturated heterocycles. The summed E-state index contributed by atoms with van der Waals surface area (Å²) in [7, 11) is 0. The summed E-state index contributed by atoms with van der Waals surface area (Å²) in [6.45, 7) is 5.18. The number of anilines is 2. The summed E-state index contributed by atoms with van der Waals surface area (Å²) in [4.78, 5) is 2.96.